The molecule has 5 heteroatoms. The van der Waals surface area contributed by atoms with Crippen LogP contribution in [0.25, 0.3) is 0 Å². The second kappa shape index (κ2) is 6.62. The zero-order valence-electron chi connectivity index (χ0n) is 12.2. The fourth-order valence-corrected chi connectivity index (χ4v) is 1.77. The molecule has 0 unspecified atom stereocenters. The van der Waals surface area contributed by atoms with Crippen molar-refractivity contribution in [1.82, 2.24) is 5.32 Å². The molecule has 108 valence electrons. The normalized spacial score (nSPS) is 13.4. The third kappa shape index (κ3) is 4.14. The standard InChI is InChI=1S/C15H19ClN2O2/c1-10(2)15(4,9-17)18-14(19)8-20-13-6-5-12(16)7-11(13)3/h5-7,10H,8H2,1-4H3,(H,18,19)/t15-/m0/s1. The van der Waals surface area contributed by atoms with Gasteiger partial charge in [-0.05, 0) is 43.5 Å². The molecule has 1 atom stereocenters. The van der Waals surface area contributed by atoms with Gasteiger partial charge in [0, 0.05) is 5.02 Å². The van der Waals surface area contributed by atoms with E-state index in [-0.39, 0.29) is 18.4 Å². The second-order valence-corrected chi connectivity index (χ2v) is 5.65. The molecule has 1 aromatic rings. The van der Waals surface area contributed by atoms with Crippen LogP contribution in [0.2, 0.25) is 5.02 Å². The van der Waals surface area contributed by atoms with Crippen LogP contribution in [0, 0.1) is 24.2 Å². The molecule has 1 aromatic carbocycles. The zero-order chi connectivity index (χ0) is 15.3. The molecule has 20 heavy (non-hydrogen) atoms. The van der Waals surface area contributed by atoms with Crippen molar-refractivity contribution in [3.63, 3.8) is 0 Å². The van der Waals surface area contributed by atoms with Gasteiger partial charge in [0.05, 0.1) is 6.07 Å². The fourth-order valence-electron chi connectivity index (χ4n) is 1.55. The van der Waals surface area contributed by atoms with E-state index in [0.717, 1.165) is 5.56 Å². The van der Waals surface area contributed by atoms with Crippen molar-refractivity contribution in [2.24, 2.45) is 5.92 Å². The summed E-state index contributed by atoms with van der Waals surface area (Å²) in [5.74, 6) is 0.290. The van der Waals surface area contributed by atoms with Gasteiger partial charge in [0.15, 0.2) is 6.61 Å². The Morgan fingerprint density at radius 3 is 2.70 bits per heavy atom. The van der Waals surface area contributed by atoms with Crippen molar-refractivity contribution in [3.05, 3.63) is 28.8 Å². The highest BCUT2D eigenvalue weighted by atomic mass is 35.5. The van der Waals surface area contributed by atoms with Gasteiger partial charge in [0.2, 0.25) is 0 Å². The van der Waals surface area contributed by atoms with E-state index in [9.17, 15) is 4.79 Å². The maximum Gasteiger partial charge on any atom is 0.259 e. The predicted molar refractivity (Wildman–Crippen MR) is 78.7 cm³/mol. The fraction of sp³-hybridized carbons (Fsp3) is 0.467. The first-order valence-electron chi connectivity index (χ1n) is 6.39. The third-order valence-electron chi connectivity index (χ3n) is 3.28. The number of nitrogens with zero attached hydrogens (tertiary/aromatic N) is 1. The number of ether oxygens (including phenoxy) is 1. The van der Waals surface area contributed by atoms with E-state index in [1.165, 1.54) is 0 Å². The number of nitrogens with one attached hydrogen (secondary N) is 1. The molecule has 0 aromatic heterocycles. The largest absolute Gasteiger partial charge is 0.484 e. The summed E-state index contributed by atoms with van der Waals surface area (Å²) in [7, 11) is 0. The quantitative estimate of drug-likeness (QED) is 0.908. The summed E-state index contributed by atoms with van der Waals surface area (Å²) in [5.41, 5.74) is -0.0348. The second-order valence-electron chi connectivity index (χ2n) is 5.22. The number of hydrogen-bond acceptors (Lipinski definition) is 3. The number of aryl methyl sites for hydroxylation is 1. The van der Waals surface area contributed by atoms with E-state index in [4.69, 9.17) is 21.6 Å². The van der Waals surface area contributed by atoms with E-state index in [1.54, 1.807) is 25.1 Å². The first kappa shape index (κ1) is 16.3. The summed E-state index contributed by atoms with van der Waals surface area (Å²) in [4.78, 5) is 11.9. The summed E-state index contributed by atoms with van der Waals surface area (Å²) in [6, 6.07) is 7.31. The number of hydrogen-bond donors (Lipinski definition) is 1. The summed E-state index contributed by atoms with van der Waals surface area (Å²) in [5, 5.41) is 12.5. The van der Waals surface area contributed by atoms with Gasteiger partial charge in [-0.2, -0.15) is 5.26 Å². The molecule has 0 fully saturated rings. The van der Waals surface area contributed by atoms with Gasteiger partial charge >= 0.3 is 0 Å². The molecule has 1 N–H and O–H groups in total. The molecule has 1 amide bonds. The van der Waals surface area contributed by atoms with Crippen molar-refractivity contribution in [2.45, 2.75) is 33.2 Å². The summed E-state index contributed by atoms with van der Waals surface area (Å²) in [6.07, 6.45) is 0. The first-order chi connectivity index (χ1) is 9.28. The molecular weight excluding hydrogens is 276 g/mol. The van der Waals surface area contributed by atoms with Crippen LogP contribution in [0.5, 0.6) is 5.75 Å². The minimum atomic E-state index is -0.893. The molecule has 0 bridgehead atoms. The number of amides is 1. The highest BCUT2D eigenvalue weighted by Crippen LogP contribution is 2.21. The number of carbonyl (C=O) groups excluding carboxylic acids is 1. The first-order valence-corrected chi connectivity index (χ1v) is 6.77. The minimum Gasteiger partial charge on any atom is -0.484 e. The van der Waals surface area contributed by atoms with Gasteiger partial charge in [-0.25, -0.2) is 0 Å². The summed E-state index contributed by atoms with van der Waals surface area (Å²) < 4.78 is 5.44. The van der Waals surface area contributed by atoms with Gasteiger partial charge in [-0.15, -0.1) is 0 Å². The average Bonchev–Trinajstić information content (AvgIpc) is 2.37. The van der Waals surface area contributed by atoms with Crippen molar-refractivity contribution in [3.8, 4) is 11.8 Å². The van der Waals surface area contributed by atoms with Crippen molar-refractivity contribution >= 4 is 17.5 Å². The van der Waals surface area contributed by atoms with Crippen molar-refractivity contribution < 1.29 is 9.53 Å². The Morgan fingerprint density at radius 1 is 1.55 bits per heavy atom. The maximum absolute atomic E-state index is 11.9. The zero-order valence-corrected chi connectivity index (χ0v) is 12.9. The molecule has 0 aliphatic heterocycles. The van der Waals surface area contributed by atoms with Gasteiger partial charge in [0.25, 0.3) is 5.91 Å². The average molecular weight is 295 g/mol. The summed E-state index contributed by atoms with van der Waals surface area (Å²) in [6.45, 7) is 7.18. The third-order valence-corrected chi connectivity index (χ3v) is 3.52. The molecule has 0 saturated heterocycles. The molecule has 0 aliphatic rings. The Balaban J connectivity index is 2.62. The van der Waals surface area contributed by atoms with Crippen LogP contribution in [0.3, 0.4) is 0 Å². The number of nitriles is 1. The molecule has 0 heterocycles. The van der Waals surface area contributed by atoms with Crippen LogP contribution in [0.4, 0.5) is 0 Å². The monoisotopic (exact) mass is 294 g/mol. The van der Waals surface area contributed by atoms with E-state index >= 15 is 0 Å². The Kier molecular flexibility index (Phi) is 5.41. The van der Waals surface area contributed by atoms with Gasteiger partial charge in [0.1, 0.15) is 11.3 Å². The molecule has 4 nitrogen and oxygen atoms in total. The Bertz CT molecular complexity index is 537. The van der Waals surface area contributed by atoms with Crippen LogP contribution >= 0.6 is 11.6 Å². The number of carbonyl (C=O) groups is 1. The molecule has 0 spiro atoms. The Morgan fingerprint density at radius 2 is 2.20 bits per heavy atom. The Hall–Kier alpha value is -1.73. The highest BCUT2D eigenvalue weighted by Gasteiger charge is 2.30. The van der Waals surface area contributed by atoms with Crippen LogP contribution in [-0.4, -0.2) is 18.1 Å². The van der Waals surface area contributed by atoms with E-state index < -0.39 is 5.54 Å². The Labute approximate surface area is 124 Å². The van der Waals surface area contributed by atoms with Crippen LogP contribution in [0.15, 0.2) is 18.2 Å². The summed E-state index contributed by atoms with van der Waals surface area (Å²) >= 11 is 5.85. The smallest absolute Gasteiger partial charge is 0.259 e. The van der Waals surface area contributed by atoms with Gasteiger partial charge in [-0.3, -0.25) is 4.79 Å². The molecular formula is C15H19ClN2O2. The van der Waals surface area contributed by atoms with E-state index in [2.05, 4.69) is 11.4 Å². The lowest BCUT2D eigenvalue weighted by molar-refractivity contribution is -0.124. The molecule has 0 aliphatic carbocycles. The van der Waals surface area contributed by atoms with E-state index in [0.29, 0.717) is 10.8 Å². The van der Waals surface area contributed by atoms with Crippen LogP contribution in [0.1, 0.15) is 26.3 Å². The lowest BCUT2D eigenvalue weighted by atomic mass is 9.90. The van der Waals surface area contributed by atoms with Crippen molar-refractivity contribution in [2.75, 3.05) is 6.61 Å². The van der Waals surface area contributed by atoms with Crippen LogP contribution < -0.4 is 10.1 Å². The lowest BCUT2D eigenvalue weighted by Gasteiger charge is -2.27. The van der Waals surface area contributed by atoms with Crippen molar-refractivity contribution in [1.29, 1.82) is 5.26 Å². The van der Waals surface area contributed by atoms with Gasteiger partial charge in [-0.1, -0.05) is 25.4 Å². The number of rotatable bonds is 5. The topological polar surface area (TPSA) is 62.1 Å². The van der Waals surface area contributed by atoms with Crippen LogP contribution in [-0.2, 0) is 4.79 Å². The molecule has 0 radical (unpaired) electrons. The molecule has 1 rings (SSSR count). The SMILES string of the molecule is Cc1cc(Cl)ccc1OCC(=O)N[C@@](C)(C#N)C(C)C. The van der Waals surface area contributed by atoms with Gasteiger partial charge < -0.3 is 10.1 Å². The lowest BCUT2D eigenvalue weighted by Crippen LogP contribution is -2.50. The highest BCUT2D eigenvalue weighted by molar-refractivity contribution is 6.30. The minimum absolute atomic E-state index is 0.00807. The van der Waals surface area contributed by atoms with E-state index in [1.807, 2.05) is 20.8 Å². The predicted octanol–water partition coefficient (Wildman–Crippen LogP) is 3.08. The number of halogens is 1. The molecule has 0 saturated carbocycles. The number of benzene rings is 1. The maximum atomic E-state index is 11.9.